The van der Waals surface area contributed by atoms with Crippen molar-refractivity contribution in [1.82, 2.24) is 9.97 Å². The van der Waals surface area contributed by atoms with Crippen LogP contribution in [0, 0.1) is 17.0 Å². The molecule has 150 valence electrons. The first-order chi connectivity index (χ1) is 13.7. The first kappa shape index (κ1) is 20.8. The Morgan fingerprint density at radius 3 is 2.34 bits per heavy atom. The van der Waals surface area contributed by atoms with Crippen molar-refractivity contribution in [1.29, 1.82) is 0 Å². The molecule has 3 aromatic rings. The van der Waals surface area contributed by atoms with Gasteiger partial charge in [-0.2, -0.15) is 0 Å². The zero-order valence-electron chi connectivity index (χ0n) is 17.1. The Morgan fingerprint density at radius 1 is 0.966 bits per heavy atom. The lowest BCUT2D eigenvalue weighted by atomic mass is 9.86. The van der Waals surface area contributed by atoms with Crippen LogP contribution in [0.3, 0.4) is 0 Å². The van der Waals surface area contributed by atoms with E-state index in [1.54, 1.807) is 12.3 Å². The van der Waals surface area contributed by atoms with Crippen LogP contribution in [0.4, 0.5) is 8.78 Å². The summed E-state index contributed by atoms with van der Waals surface area (Å²) in [5, 5.41) is 0. The normalized spacial score (nSPS) is 11.5. The summed E-state index contributed by atoms with van der Waals surface area (Å²) in [7, 11) is 0. The average Bonchev–Trinajstić information content (AvgIpc) is 2.68. The van der Waals surface area contributed by atoms with Gasteiger partial charge in [0, 0.05) is 23.7 Å². The van der Waals surface area contributed by atoms with Crippen LogP contribution in [0.2, 0.25) is 0 Å². The number of aryl methyl sites for hydroxylation is 1. The Hall–Kier alpha value is -2.95. The zero-order chi connectivity index (χ0) is 21.2. The van der Waals surface area contributed by atoms with E-state index in [0.717, 1.165) is 29.0 Å². The summed E-state index contributed by atoms with van der Waals surface area (Å²) in [6.07, 6.45) is 4.29. The lowest BCUT2D eigenvalue weighted by molar-refractivity contribution is 0.0940. The number of rotatable bonds is 5. The van der Waals surface area contributed by atoms with Crippen LogP contribution in [-0.2, 0) is 6.42 Å². The lowest BCUT2D eigenvalue weighted by Crippen LogP contribution is -2.13. The highest BCUT2D eigenvalue weighted by atomic mass is 19.2. The fraction of sp³-hybridized carbons (Fsp3) is 0.292. The molecule has 0 aliphatic heterocycles. The van der Waals surface area contributed by atoms with E-state index in [1.165, 1.54) is 12.4 Å². The minimum absolute atomic E-state index is 0.00178. The second-order valence-electron chi connectivity index (χ2n) is 8.33. The van der Waals surface area contributed by atoms with Crippen LogP contribution in [0.15, 0.2) is 48.9 Å². The van der Waals surface area contributed by atoms with Crippen LogP contribution in [-0.4, -0.2) is 15.8 Å². The summed E-state index contributed by atoms with van der Waals surface area (Å²) in [4.78, 5) is 21.4. The maximum Gasteiger partial charge on any atom is 0.163 e. The third-order valence-electron chi connectivity index (χ3n) is 4.64. The smallest absolute Gasteiger partial charge is 0.163 e. The SMILES string of the molecule is CCc1ncncc1-c1cc(C(=O)CC(C)(C)C)cc(-c2ccc(F)c(F)c2)c1. The molecule has 0 saturated carbocycles. The number of benzene rings is 2. The monoisotopic (exact) mass is 394 g/mol. The first-order valence-corrected chi connectivity index (χ1v) is 9.61. The number of aromatic nitrogens is 2. The molecule has 0 radical (unpaired) electrons. The number of halogens is 2. The van der Waals surface area contributed by atoms with Crippen LogP contribution >= 0.6 is 0 Å². The molecule has 0 N–H and O–H groups in total. The Bertz CT molecular complexity index is 1050. The van der Waals surface area contributed by atoms with Gasteiger partial charge in [0.05, 0.1) is 5.69 Å². The molecular formula is C24H24F2N2O. The number of hydrogen-bond donors (Lipinski definition) is 0. The van der Waals surface area contributed by atoms with Crippen LogP contribution in [0.5, 0.6) is 0 Å². The van der Waals surface area contributed by atoms with E-state index in [1.807, 2.05) is 39.8 Å². The standard InChI is InChI=1S/C24H24F2N2O/c1-5-22-19(13-27-14-28-22)17-8-16(15-6-7-20(25)21(26)11-15)9-18(10-17)23(29)12-24(2,3)4/h6-11,13-14H,5,12H2,1-4H3. The van der Waals surface area contributed by atoms with Gasteiger partial charge in [0.25, 0.3) is 0 Å². The molecule has 0 atom stereocenters. The van der Waals surface area contributed by atoms with E-state index in [9.17, 15) is 13.6 Å². The maximum atomic E-state index is 13.8. The third kappa shape index (κ3) is 4.91. The van der Waals surface area contributed by atoms with Crippen LogP contribution in [0.25, 0.3) is 22.3 Å². The number of ketones is 1. The zero-order valence-corrected chi connectivity index (χ0v) is 17.1. The number of carbonyl (C=O) groups is 1. The van der Waals surface area contributed by atoms with Crippen molar-refractivity contribution in [3.8, 4) is 22.3 Å². The fourth-order valence-corrected chi connectivity index (χ4v) is 3.25. The highest BCUT2D eigenvalue weighted by Crippen LogP contribution is 2.32. The van der Waals surface area contributed by atoms with E-state index in [2.05, 4.69) is 9.97 Å². The van der Waals surface area contributed by atoms with Gasteiger partial charge in [-0.1, -0.05) is 33.8 Å². The van der Waals surface area contributed by atoms with Crippen LogP contribution < -0.4 is 0 Å². The van der Waals surface area contributed by atoms with Crippen molar-refractivity contribution < 1.29 is 13.6 Å². The minimum atomic E-state index is -0.923. The molecule has 2 aromatic carbocycles. The Balaban J connectivity index is 2.19. The number of Topliss-reactive ketones (excluding diaryl/α,β-unsaturated/α-hetero) is 1. The Labute approximate surface area is 169 Å². The van der Waals surface area contributed by atoms with Gasteiger partial charge in [0.2, 0.25) is 0 Å². The summed E-state index contributed by atoms with van der Waals surface area (Å²) < 4.78 is 27.2. The highest BCUT2D eigenvalue weighted by molar-refractivity contribution is 5.99. The molecule has 0 aliphatic carbocycles. The van der Waals surface area contributed by atoms with E-state index in [0.29, 0.717) is 29.5 Å². The predicted molar refractivity (Wildman–Crippen MR) is 111 cm³/mol. The minimum Gasteiger partial charge on any atom is -0.294 e. The van der Waals surface area contributed by atoms with Crippen molar-refractivity contribution in [3.05, 3.63) is 71.8 Å². The first-order valence-electron chi connectivity index (χ1n) is 9.61. The van der Waals surface area contributed by atoms with Crippen molar-refractivity contribution in [2.75, 3.05) is 0 Å². The lowest BCUT2D eigenvalue weighted by Gasteiger charge is -2.18. The molecule has 5 heteroatoms. The van der Waals surface area contributed by atoms with Crippen molar-refractivity contribution in [2.24, 2.45) is 5.41 Å². The molecule has 0 spiro atoms. The molecule has 3 rings (SSSR count). The second-order valence-corrected chi connectivity index (χ2v) is 8.33. The summed E-state index contributed by atoms with van der Waals surface area (Å²) in [5.41, 5.74) is 3.97. The molecule has 0 bridgehead atoms. The van der Waals surface area contributed by atoms with E-state index >= 15 is 0 Å². The van der Waals surface area contributed by atoms with Gasteiger partial charge >= 0.3 is 0 Å². The Kier molecular flexibility index (Phi) is 5.87. The molecule has 3 nitrogen and oxygen atoms in total. The molecule has 1 aromatic heterocycles. The highest BCUT2D eigenvalue weighted by Gasteiger charge is 2.19. The van der Waals surface area contributed by atoms with E-state index < -0.39 is 11.6 Å². The summed E-state index contributed by atoms with van der Waals surface area (Å²) in [6, 6.07) is 9.18. The number of hydrogen-bond acceptors (Lipinski definition) is 3. The molecule has 1 heterocycles. The number of carbonyl (C=O) groups excluding carboxylic acids is 1. The molecule has 0 aliphatic rings. The van der Waals surface area contributed by atoms with Gasteiger partial charge in [-0.25, -0.2) is 18.7 Å². The average molecular weight is 394 g/mol. The molecule has 0 saturated heterocycles. The topological polar surface area (TPSA) is 42.9 Å². The van der Waals surface area contributed by atoms with Gasteiger partial charge in [0.1, 0.15) is 6.33 Å². The van der Waals surface area contributed by atoms with Gasteiger partial charge in [-0.15, -0.1) is 0 Å². The van der Waals surface area contributed by atoms with Crippen molar-refractivity contribution in [3.63, 3.8) is 0 Å². The quantitative estimate of drug-likeness (QED) is 0.479. The van der Waals surface area contributed by atoms with E-state index in [4.69, 9.17) is 0 Å². The molecular weight excluding hydrogens is 370 g/mol. The van der Waals surface area contributed by atoms with Gasteiger partial charge in [0.15, 0.2) is 17.4 Å². The summed E-state index contributed by atoms with van der Waals surface area (Å²) >= 11 is 0. The second kappa shape index (κ2) is 8.19. The fourth-order valence-electron chi connectivity index (χ4n) is 3.25. The van der Waals surface area contributed by atoms with Crippen molar-refractivity contribution >= 4 is 5.78 Å². The molecule has 0 unspecified atom stereocenters. The van der Waals surface area contributed by atoms with Gasteiger partial charge in [-0.3, -0.25) is 4.79 Å². The molecule has 0 fully saturated rings. The van der Waals surface area contributed by atoms with Gasteiger partial charge < -0.3 is 0 Å². The summed E-state index contributed by atoms with van der Waals surface area (Å²) in [6.45, 7) is 8.01. The third-order valence-corrected chi connectivity index (χ3v) is 4.64. The number of nitrogens with zero attached hydrogens (tertiary/aromatic N) is 2. The van der Waals surface area contributed by atoms with E-state index in [-0.39, 0.29) is 11.2 Å². The largest absolute Gasteiger partial charge is 0.294 e. The predicted octanol–water partition coefficient (Wildman–Crippen LogP) is 6.27. The molecule has 29 heavy (non-hydrogen) atoms. The van der Waals surface area contributed by atoms with Crippen molar-refractivity contribution in [2.45, 2.75) is 40.5 Å². The van der Waals surface area contributed by atoms with Gasteiger partial charge in [-0.05, 0) is 58.9 Å². The summed E-state index contributed by atoms with van der Waals surface area (Å²) in [5.74, 6) is -1.83. The molecule has 0 amide bonds. The van der Waals surface area contributed by atoms with Crippen LogP contribution in [0.1, 0.15) is 50.2 Å². The maximum absolute atomic E-state index is 13.8. The Morgan fingerprint density at radius 2 is 1.69 bits per heavy atom.